The Labute approximate surface area is 358 Å². The zero-order valence-corrected chi connectivity index (χ0v) is 35.8. The van der Waals surface area contributed by atoms with Gasteiger partial charge in [0, 0.05) is 68.7 Å². The molecule has 0 bridgehead atoms. The first-order chi connectivity index (χ1) is 28.9. The van der Waals surface area contributed by atoms with Crippen LogP contribution in [0.25, 0.3) is 0 Å². The molecule has 1 unspecified atom stereocenters. The number of rotatable bonds is 7. The highest BCUT2D eigenvalue weighted by Crippen LogP contribution is 2.54. The monoisotopic (exact) mass is 861 g/mol. The first-order valence-electron chi connectivity index (χ1n) is 21.2. The van der Waals surface area contributed by atoms with E-state index in [1.165, 1.54) is 56.3 Å². The van der Waals surface area contributed by atoms with E-state index in [-0.39, 0.29) is 42.2 Å². The second kappa shape index (κ2) is 19.5. The number of aliphatic hydroxyl groups excluding tert-OH is 1. The van der Waals surface area contributed by atoms with Gasteiger partial charge in [0.15, 0.2) is 0 Å². The molecule has 17 heteroatoms. The Morgan fingerprint density at radius 3 is 2.27 bits per heavy atom. The lowest BCUT2D eigenvalue weighted by Crippen LogP contribution is -2.50. The van der Waals surface area contributed by atoms with Gasteiger partial charge in [0.2, 0.25) is 17.8 Å². The van der Waals surface area contributed by atoms with Gasteiger partial charge in [-0.1, -0.05) is 50.1 Å². The number of aryl methyl sites for hydroxylation is 1. The number of carbonyl (C=O) groups is 4. The van der Waals surface area contributed by atoms with E-state index in [9.17, 15) is 23.4 Å². The predicted molar refractivity (Wildman–Crippen MR) is 232 cm³/mol. The fraction of sp³-hybridized carbons (Fsp3) is 0.535. The number of nitrogens with two attached hydrogens (primary N) is 1. The van der Waals surface area contributed by atoms with Gasteiger partial charge in [-0.15, -0.1) is 0 Å². The number of halogens is 1. The van der Waals surface area contributed by atoms with Crippen LogP contribution in [0.5, 0.6) is 0 Å². The summed E-state index contributed by atoms with van der Waals surface area (Å²) in [5, 5.41) is 22.9. The molecule has 5 amide bonds. The van der Waals surface area contributed by atoms with Crippen molar-refractivity contribution >= 4 is 69.5 Å². The van der Waals surface area contributed by atoms with Gasteiger partial charge in [-0.05, 0) is 93.3 Å². The maximum atomic E-state index is 13.1. The molecular formula is C43H56ClN9O6S. The van der Waals surface area contributed by atoms with Crippen LogP contribution in [0.1, 0.15) is 105 Å². The molecule has 60 heavy (non-hydrogen) atoms. The van der Waals surface area contributed by atoms with Gasteiger partial charge < -0.3 is 20.6 Å². The van der Waals surface area contributed by atoms with Gasteiger partial charge >= 0.3 is 6.03 Å². The number of hydrogen-bond acceptors (Lipinski definition) is 10. The molecule has 15 nitrogen and oxygen atoms in total. The number of urea groups is 1. The predicted octanol–water partition coefficient (Wildman–Crippen LogP) is 5.93. The standard InChI is InChI=1S/C22H29ClN4O3.C15H15N5O2S.C6H12O/c23-18-7-6-17(14-19(18)27-9-8-20(28)24-22(27)30)21(29)26-12-10-25(11-13-26)15-16-4-2-1-3-5-16;1-8-6-9(23(16)22)2-3-11(8)18-14-17-7-10-12(20-14)19-13(21)15(10)4-5-15;7-6-4-2-1-3-5-6/h6-7,14,16H,1-5,8-13,15H2,(H,24,28,30);2-3,6-7H,4-5,16H2,1H3,(H2,17,18,19,20,21);6-7H,1-5H2. The minimum Gasteiger partial charge on any atom is -0.393 e. The molecule has 322 valence electrons. The molecule has 2 saturated heterocycles. The first kappa shape index (κ1) is 43.6. The summed E-state index contributed by atoms with van der Waals surface area (Å²) >= 11 is 6.30. The average molecular weight is 862 g/mol. The van der Waals surface area contributed by atoms with Gasteiger partial charge in [-0.2, -0.15) is 4.98 Å². The summed E-state index contributed by atoms with van der Waals surface area (Å²) in [5.41, 5.74) is 3.16. The van der Waals surface area contributed by atoms with Crippen LogP contribution in [0.15, 0.2) is 47.5 Å². The van der Waals surface area contributed by atoms with E-state index in [1.807, 2.05) is 11.8 Å². The summed E-state index contributed by atoms with van der Waals surface area (Å²) in [5.74, 6) is 1.48. The zero-order chi connectivity index (χ0) is 42.4. The molecule has 3 aromatic rings. The van der Waals surface area contributed by atoms with E-state index < -0.39 is 17.0 Å². The molecule has 1 atom stereocenters. The van der Waals surface area contributed by atoms with Crippen LogP contribution in [-0.4, -0.2) is 98.2 Å². The lowest BCUT2D eigenvalue weighted by molar-refractivity contribution is -0.120. The van der Waals surface area contributed by atoms with E-state index >= 15 is 0 Å². The van der Waals surface area contributed by atoms with Gasteiger partial charge in [-0.25, -0.2) is 19.1 Å². The van der Waals surface area contributed by atoms with Crippen LogP contribution in [0, 0.1) is 12.8 Å². The number of imide groups is 1. The number of nitrogens with zero attached hydrogens (tertiary/aromatic N) is 5. The first-order valence-corrected chi connectivity index (χ1v) is 22.8. The molecule has 4 heterocycles. The Hall–Kier alpha value is -4.48. The van der Waals surface area contributed by atoms with E-state index in [1.54, 1.807) is 42.6 Å². The Bertz CT molecular complexity index is 2100. The lowest BCUT2D eigenvalue weighted by atomic mass is 9.89. The molecule has 3 aliphatic carbocycles. The normalized spacial score (nSPS) is 20.8. The second-order valence-corrected chi connectivity index (χ2v) is 18.2. The van der Waals surface area contributed by atoms with Crippen molar-refractivity contribution < 1.29 is 28.5 Å². The number of fused-ring (bicyclic) bond motifs is 2. The van der Waals surface area contributed by atoms with Crippen LogP contribution >= 0.6 is 11.6 Å². The molecule has 1 aromatic heterocycles. The summed E-state index contributed by atoms with van der Waals surface area (Å²) < 4.78 is 11.3. The van der Waals surface area contributed by atoms with Crippen molar-refractivity contribution in [2.45, 2.75) is 107 Å². The third-order valence-corrected chi connectivity index (χ3v) is 13.4. The highest BCUT2D eigenvalue weighted by molar-refractivity contribution is 7.82. The molecule has 1 spiro atoms. The summed E-state index contributed by atoms with van der Waals surface area (Å²) in [6, 6.07) is 9.74. The smallest absolute Gasteiger partial charge is 0.328 e. The van der Waals surface area contributed by atoms with Crippen LogP contribution < -0.4 is 26.0 Å². The Kier molecular flexibility index (Phi) is 14.2. The molecular weight excluding hydrogens is 806 g/mol. The molecule has 6 N–H and O–H groups in total. The highest BCUT2D eigenvalue weighted by atomic mass is 35.5. The van der Waals surface area contributed by atoms with Crippen molar-refractivity contribution in [3.63, 3.8) is 0 Å². The Balaban J connectivity index is 0.000000160. The Morgan fingerprint density at radius 1 is 0.950 bits per heavy atom. The van der Waals surface area contributed by atoms with Crippen molar-refractivity contribution in [1.82, 2.24) is 25.1 Å². The molecule has 6 aliphatic rings. The molecule has 2 aromatic carbocycles. The summed E-state index contributed by atoms with van der Waals surface area (Å²) in [6.07, 6.45) is 16.3. The summed E-state index contributed by atoms with van der Waals surface area (Å²) in [6.45, 7) is 6.51. The molecule has 3 aliphatic heterocycles. The largest absolute Gasteiger partial charge is 0.393 e. The third kappa shape index (κ3) is 10.5. The average Bonchev–Trinajstić information content (AvgIpc) is 4.00. The number of benzene rings is 2. The van der Waals surface area contributed by atoms with Gasteiger partial charge in [0.1, 0.15) is 16.8 Å². The maximum absolute atomic E-state index is 13.1. The fourth-order valence-electron chi connectivity index (χ4n) is 8.66. The number of nitrogens with one attached hydrogen (secondary N) is 3. The molecule has 5 fully saturated rings. The zero-order valence-electron chi connectivity index (χ0n) is 34.2. The second-order valence-electron chi connectivity index (χ2n) is 16.7. The maximum Gasteiger partial charge on any atom is 0.328 e. The topological polar surface area (TPSA) is 203 Å². The quantitative estimate of drug-likeness (QED) is 0.190. The number of anilines is 4. The number of hydrogen-bond donors (Lipinski definition) is 5. The lowest BCUT2D eigenvalue weighted by Gasteiger charge is -2.37. The molecule has 0 radical (unpaired) electrons. The van der Waals surface area contributed by atoms with E-state index in [4.69, 9.17) is 21.8 Å². The fourth-order valence-corrected chi connectivity index (χ4v) is 9.37. The van der Waals surface area contributed by atoms with Crippen molar-refractivity contribution in [2.24, 2.45) is 11.1 Å². The summed E-state index contributed by atoms with van der Waals surface area (Å²) in [7, 11) is -1.51. The van der Waals surface area contributed by atoms with E-state index in [0.717, 1.165) is 68.0 Å². The van der Waals surface area contributed by atoms with Crippen molar-refractivity contribution in [3.8, 4) is 0 Å². The van der Waals surface area contributed by atoms with Crippen LogP contribution in [-0.2, 0) is 26.0 Å². The number of aliphatic hydroxyl groups is 1. The van der Waals surface area contributed by atoms with E-state index in [2.05, 4.69) is 30.8 Å². The van der Waals surface area contributed by atoms with Gasteiger partial charge in [0.25, 0.3) is 5.91 Å². The van der Waals surface area contributed by atoms with Crippen molar-refractivity contribution in [1.29, 1.82) is 0 Å². The van der Waals surface area contributed by atoms with Crippen LogP contribution in [0.4, 0.5) is 27.9 Å². The van der Waals surface area contributed by atoms with Crippen molar-refractivity contribution in [2.75, 3.05) is 54.8 Å². The Morgan fingerprint density at radius 2 is 1.65 bits per heavy atom. The van der Waals surface area contributed by atoms with Gasteiger partial charge in [0.05, 0.1) is 27.1 Å². The van der Waals surface area contributed by atoms with Gasteiger partial charge in [-0.3, -0.25) is 29.5 Å². The number of piperazine rings is 1. The molecule has 3 saturated carbocycles. The number of amides is 5. The number of aromatic nitrogens is 2. The van der Waals surface area contributed by atoms with E-state index in [0.29, 0.717) is 46.0 Å². The highest BCUT2D eigenvalue weighted by Gasteiger charge is 2.57. The van der Waals surface area contributed by atoms with Crippen LogP contribution in [0.3, 0.4) is 0 Å². The minimum atomic E-state index is -1.51. The number of carbonyl (C=O) groups excluding carboxylic acids is 4. The van der Waals surface area contributed by atoms with Crippen LogP contribution in [0.2, 0.25) is 5.02 Å². The molecule has 9 rings (SSSR count). The summed E-state index contributed by atoms with van der Waals surface area (Å²) in [4.78, 5) is 63.7. The third-order valence-electron chi connectivity index (χ3n) is 12.4. The minimum absolute atomic E-state index is 0.0184. The van der Waals surface area contributed by atoms with Crippen molar-refractivity contribution in [3.05, 3.63) is 64.3 Å². The SMILES string of the molecule is Cc1cc(S(N)=O)ccc1Nc1ncc2c(n1)NC(=O)C21CC1.O=C1CCN(c2cc(C(=O)N3CCN(CC4CCCCC4)CC3)ccc2Cl)C(=O)N1.OC1CCCCC1.